The molecule has 0 saturated carbocycles. The average Bonchev–Trinajstić information content (AvgIpc) is 3.05. The van der Waals surface area contributed by atoms with E-state index in [4.69, 9.17) is 4.74 Å². The minimum absolute atomic E-state index is 0.0183. The van der Waals surface area contributed by atoms with Gasteiger partial charge in [0, 0.05) is 31.8 Å². The van der Waals surface area contributed by atoms with Gasteiger partial charge >= 0.3 is 0 Å². The number of amides is 1. The van der Waals surface area contributed by atoms with Crippen LogP contribution in [0, 0.1) is 0 Å². The maximum atomic E-state index is 11.9. The molecule has 0 aliphatic carbocycles. The molecule has 0 bridgehead atoms. The second-order valence-electron chi connectivity index (χ2n) is 7.41. The average molecular weight is 342 g/mol. The van der Waals surface area contributed by atoms with Gasteiger partial charge in [-0.05, 0) is 45.1 Å². The highest BCUT2D eigenvalue weighted by Crippen LogP contribution is 2.39. The Hall–Kier alpha value is -1.65. The van der Waals surface area contributed by atoms with Gasteiger partial charge in [-0.3, -0.25) is 9.69 Å². The zero-order valence-electron chi connectivity index (χ0n) is 15.5. The summed E-state index contributed by atoms with van der Waals surface area (Å²) in [5.41, 5.74) is 2.19. The van der Waals surface area contributed by atoms with Gasteiger partial charge in [0.25, 0.3) is 0 Å². The largest absolute Gasteiger partial charge is 0.370 e. The second-order valence-corrected chi connectivity index (χ2v) is 7.41. The monoisotopic (exact) mass is 342 g/mol. The number of carbonyl (C=O) groups excluding carboxylic acids is 1. The quantitative estimate of drug-likeness (QED) is 0.835. The molecule has 2 aliphatic heterocycles. The van der Waals surface area contributed by atoms with Crippen LogP contribution in [0.25, 0.3) is 0 Å². The lowest BCUT2D eigenvalue weighted by molar-refractivity contribution is -0.119. The molecular weight excluding hydrogens is 312 g/mol. The number of ether oxygens (including phenoxy) is 1. The molecular formula is C21H30N2O2. The number of hydrogen-bond donors (Lipinski definition) is 1. The lowest BCUT2D eigenvalue weighted by atomic mass is 9.88. The topological polar surface area (TPSA) is 41.6 Å². The molecule has 2 fully saturated rings. The fraction of sp³-hybridized carbons (Fsp3) is 0.571. The van der Waals surface area contributed by atoms with Gasteiger partial charge in [-0.25, -0.2) is 0 Å². The Balaban J connectivity index is 1.44. The third kappa shape index (κ3) is 4.71. The Bertz CT molecular complexity index is 604. The molecule has 4 nitrogen and oxygen atoms in total. The van der Waals surface area contributed by atoms with Crippen molar-refractivity contribution in [2.45, 2.75) is 57.8 Å². The second kappa shape index (κ2) is 8.15. The minimum Gasteiger partial charge on any atom is -0.370 e. The van der Waals surface area contributed by atoms with Crippen molar-refractivity contribution in [3.05, 3.63) is 47.5 Å². The van der Waals surface area contributed by atoms with Gasteiger partial charge in [-0.2, -0.15) is 0 Å². The number of rotatable bonds is 5. The molecule has 136 valence electrons. The molecule has 1 spiro atoms. The summed E-state index contributed by atoms with van der Waals surface area (Å²) in [6.07, 6.45) is 6.36. The molecule has 2 saturated heterocycles. The number of hydrogen-bond acceptors (Lipinski definition) is 3. The van der Waals surface area contributed by atoms with E-state index in [2.05, 4.69) is 40.5 Å². The maximum Gasteiger partial charge on any atom is 0.246 e. The molecule has 1 N–H and O–H groups in total. The van der Waals surface area contributed by atoms with Crippen molar-refractivity contribution in [2.75, 3.05) is 19.6 Å². The summed E-state index contributed by atoms with van der Waals surface area (Å²) in [5.74, 6) is 0.0183. The fourth-order valence-electron chi connectivity index (χ4n) is 3.84. The number of likely N-dealkylation sites (tertiary alicyclic amines) is 1. The van der Waals surface area contributed by atoms with Gasteiger partial charge in [0.15, 0.2) is 0 Å². The summed E-state index contributed by atoms with van der Waals surface area (Å²) < 4.78 is 6.39. The van der Waals surface area contributed by atoms with Crippen LogP contribution in [0.1, 0.15) is 45.1 Å². The van der Waals surface area contributed by atoms with Crippen molar-refractivity contribution in [3.8, 4) is 0 Å². The van der Waals surface area contributed by atoms with Crippen LogP contribution in [0.5, 0.6) is 0 Å². The van der Waals surface area contributed by atoms with Gasteiger partial charge < -0.3 is 10.1 Å². The van der Waals surface area contributed by atoms with Crippen LogP contribution in [0.15, 0.2) is 42.0 Å². The smallest absolute Gasteiger partial charge is 0.246 e. The van der Waals surface area contributed by atoms with E-state index < -0.39 is 0 Å². The minimum atomic E-state index is 0.0183. The molecule has 0 aromatic heterocycles. The first kappa shape index (κ1) is 18.2. The Morgan fingerprint density at radius 1 is 1.28 bits per heavy atom. The standard InChI is InChI=1S/C21H30N2O2/c1-3-17(2)20(24)22-15-19-9-10-21(25-19)11-13-23(14-12-21)16-18-7-5-4-6-8-18/h3-8,19H,9-16H2,1-2H3,(H,22,24)/b17-3+. The summed E-state index contributed by atoms with van der Waals surface area (Å²) in [6.45, 7) is 7.56. The van der Waals surface area contributed by atoms with Crippen molar-refractivity contribution in [1.29, 1.82) is 0 Å². The molecule has 3 rings (SSSR count). The van der Waals surface area contributed by atoms with Crippen molar-refractivity contribution in [1.82, 2.24) is 10.2 Å². The lowest BCUT2D eigenvalue weighted by Crippen LogP contribution is -2.44. The first-order chi connectivity index (χ1) is 12.1. The summed E-state index contributed by atoms with van der Waals surface area (Å²) in [4.78, 5) is 14.4. The van der Waals surface area contributed by atoms with Crippen LogP contribution in [0.4, 0.5) is 0 Å². The summed E-state index contributed by atoms with van der Waals surface area (Å²) in [6, 6.07) is 10.7. The molecule has 1 amide bonds. The van der Waals surface area contributed by atoms with E-state index in [1.54, 1.807) is 0 Å². The predicted molar refractivity (Wildman–Crippen MR) is 100 cm³/mol. The van der Waals surface area contributed by atoms with Crippen molar-refractivity contribution >= 4 is 5.91 Å². The van der Waals surface area contributed by atoms with E-state index >= 15 is 0 Å². The zero-order chi connectivity index (χ0) is 17.7. The number of allylic oxidation sites excluding steroid dienone is 1. The van der Waals surface area contributed by atoms with Crippen LogP contribution in [-0.4, -0.2) is 42.1 Å². The van der Waals surface area contributed by atoms with Crippen LogP contribution in [0.3, 0.4) is 0 Å². The van der Waals surface area contributed by atoms with Crippen molar-refractivity contribution in [3.63, 3.8) is 0 Å². The Morgan fingerprint density at radius 2 is 2.00 bits per heavy atom. The van der Waals surface area contributed by atoms with E-state index in [0.29, 0.717) is 6.54 Å². The number of nitrogens with zero attached hydrogens (tertiary/aromatic N) is 1. The molecule has 25 heavy (non-hydrogen) atoms. The summed E-state index contributed by atoms with van der Waals surface area (Å²) in [7, 11) is 0. The third-order valence-corrected chi connectivity index (χ3v) is 5.64. The predicted octanol–water partition coefficient (Wildman–Crippen LogP) is 3.28. The van der Waals surface area contributed by atoms with E-state index in [-0.39, 0.29) is 17.6 Å². The highest BCUT2D eigenvalue weighted by molar-refractivity contribution is 5.92. The number of benzene rings is 1. The van der Waals surface area contributed by atoms with Gasteiger partial charge in [0.2, 0.25) is 5.91 Å². The molecule has 1 aromatic carbocycles. The molecule has 2 aliphatic rings. The van der Waals surface area contributed by atoms with Gasteiger partial charge in [0.05, 0.1) is 11.7 Å². The Labute approximate surface area is 151 Å². The number of carbonyl (C=O) groups is 1. The molecule has 1 atom stereocenters. The fourth-order valence-corrected chi connectivity index (χ4v) is 3.84. The van der Waals surface area contributed by atoms with Crippen LogP contribution < -0.4 is 5.32 Å². The number of nitrogens with one attached hydrogen (secondary N) is 1. The molecule has 2 heterocycles. The van der Waals surface area contributed by atoms with E-state index in [0.717, 1.165) is 50.9 Å². The lowest BCUT2D eigenvalue weighted by Gasteiger charge is -2.39. The number of piperidine rings is 1. The van der Waals surface area contributed by atoms with E-state index in [1.807, 2.05) is 19.9 Å². The molecule has 4 heteroatoms. The van der Waals surface area contributed by atoms with Gasteiger partial charge in [-0.1, -0.05) is 36.4 Å². The third-order valence-electron chi connectivity index (χ3n) is 5.64. The highest BCUT2D eigenvalue weighted by atomic mass is 16.5. The summed E-state index contributed by atoms with van der Waals surface area (Å²) in [5, 5.41) is 3.00. The SMILES string of the molecule is C/C=C(\C)C(=O)NCC1CCC2(CCN(Cc3ccccc3)CC2)O1. The van der Waals surface area contributed by atoms with Crippen LogP contribution in [0.2, 0.25) is 0 Å². The zero-order valence-corrected chi connectivity index (χ0v) is 15.5. The first-order valence-corrected chi connectivity index (χ1v) is 9.45. The van der Waals surface area contributed by atoms with Crippen LogP contribution in [-0.2, 0) is 16.1 Å². The molecule has 1 aromatic rings. The van der Waals surface area contributed by atoms with Crippen molar-refractivity contribution < 1.29 is 9.53 Å². The van der Waals surface area contributed by atoms with E-state index in [9.17, 15) is 4.79 Å². The highest BCUT2D eigenvalue weighted by Gasteiger charge is 2.42. The van der Waals surface area contributed by atoms with Crippen LogP contribution >= 0.6 is 0 Å². The molecule has 1 unspecified atom stereocenters. The van der Waals surface area contributed by atoms with E-state index in [1.165, 1.54) is 5.56 Å². The molecule has 0 radical (unpaired) electrons. The Kier molecular flexibility index (Phi) is 5.92. The summed E-state index contributed by atoms with van der Waals surface area (Å²) >= 11 is 0. The normalized spacial score (nSPS) is 23.8. The van der Waals surface area contributed by atoms with Crippen molar-refractivity contribution in [2.24, 2.45) is 0 Å². The van der Waals surface area contributed by atoms with Gasteiger partial charge in [-0.15, -0.1) is 0 Å². The van der Waals surface area contributed by atoms with Gasteiger partial charge in [0.1, 0.15) is 0 Å². The maximum absolute atomic E-state index is 11.9. The Morgan fingerprint density at radius 3 is 2.68 bits per heavy atom. The first-order valence-electron chi connectivity index (χ1n) is 9.45.